The molecule has 0 atom stereocenters. The van der Waals surface area contributed by atoms with Gasteiger partial charge in [0, 0.05) is 0 Å². The van der Waals surface area contributed by atoms with Crippen LogP contribution in [0.15, 0.2) is 18.2 Å². The standard InChI is InChI=1S/C13H17F3O/c1-8(2)11-7-10(13(14,15)16)5-6-12(11)17-9(3)4/h5-9H,1-4H3. The van der Waals surface area contributed by atoms with E-state index in [4.69, 9.17) is 4.74 Å². The Bertz CT molecular complexity index is 381. The molecule has 0 amide bonds. The minimum Gasteiger partial charge on any atom is -0.491 e. The van der Waals surface area contributed by atoms with Gasteiger partial charge in [0.2, 0.25) is 0 Å². The molecule has 1 nitrogen and oxygen atoms in total. The van der Waals surface area contributed by atoms with Gasteiger partial charge in [0.05, 0.1) is 11.7 Å². The molecule has 0 aliphatic heterocycles. The van der Waals surface area contributed by atoms with Crippen LogP contribution in [0.5, 0.6) is 5.75 Å². The second kappa shape index (κ2) is 4.98. The van der Waals surface area contributed by atoms with Crippen molar-refractivity contribution >= 4 is 0 Å². The van der Waals surface area contributed by atoms with E-state index in [2.05, 4.69) is 0 Å². The van der Waals surface area contributed by atoms with E-state index in [1.807, 2.05) is 27.7 Å². The van der Waals surface area contributed by atoms with Crippen molar-refractivity contribution < 1.29 is 17.9 Å². The van der Waals surface area contributed by atoms with Crippen LogP contribution >= 0.6 is 0 Å². The quantitative estimate of drug-likeness (QED) is 0.756. The van der Waals surface area contributed by atoms with Gasteiger partial charge in [-0.2, -0.15) is 13.2 Å². The third kappa shape index (κ3) is 3.65. The first-order valence-corrected chi connectivity index (χ1v) is 5.59. The normalized spacial score (nSPS) is 12.3. The second-order valence-electron chi connectivity index (χ2n) is 4.57. The minimum absolute atomic E-state index is 0.00829. The lowest BCUT2D eigenvalue weighted by Crippen LogP contribution is -2.10. The average molecular weight is 246 g/mol. The summed E-state index contributed by atoms with van der Waals surface area (Å²) in [4.78, 5) is 0. The zero-order chi connectivity index (χ0) is 13.2. The zero-order valence-electron chi connectivity index (χ0n) is 10.4. The fourth-order valence-electron chi connectivity index (χ4n) is 1.54. The summed E-state index contributed by atoms with van der Waals surface area (Å²) >= 11 is 0. The Labute approximate surface area is 99.6 Å². The highest BCUT2D eigenvalue weighted by Gasteiger charge is 2.31. The molecule has 0 heterocycles. The molecule has 0 fully saturated rings. The van der Waals surface area contributed by atoms with Gasteiger partial charge in [0.15, 0.2) is 0 Å². The molecule has 0 aromatic heterocycles. The van der Waals surface area contributed by atoms with E-state index in [1.54, 1.807) is 0 Å². The summed E-state index contributed by atoms with van der Waals surface area (Å²) in [5, 5.41) is 0. The Kier molecular flexibility index (Phi) is 4.07. The molecule has 17 heavy (non-hydrogen) atoms. The summed E-state index contributed by atoms with van der Waals surface area (Å²) in [5.74, 6) is 0.522. The molecule has 0 aliphatic carbocycles. The van der Waals surface area contributed by atoms with Crippen LogP contribution in [-0.4, -0.2) is 6.10 Å². The molecule has 96 valence electrons. The van der Waals surface area contributed by atoms with Crippen molar-refractivity contribution in [3.05, 3.63) is 29.3 Å². The van der Waals surface area contributed by atoms with Crippen LogP contribution in [0.25, 0.3) is 0 Å². The number of halogens is 3. The largest absolute Gasteiger partial charge is 0.491 e. The summed E-state index contributed by atoms with van der Waals surface area (Å²) in [7, 11) is 0. The van der Waals surface area contributed by atoms with Crippen molar-refractivity contribution in [1.82, 2.24) is 0 Å². The van der Waals surface area contributed by atoms with Gasteiger partial charge in [-0.3, -0.25) is 0 Å². The van der Waals surface area contributed by atoms with Crippen LogP contribution < -0.4 is 4.74 Å². The SMILES string of the molecule is CC(C)Oc1ccc(C(F)(F)F)cc1C(C)C. The van der Waals surface area contributed by atoms with Crippen LogP contribution in [-0.2, 0) is 6.18 Å². The molecule has 1 aromatic carbocycles. The van der Waals surface area contributed by atoms with Crippen molar-refractivity contribution in [3.63, 3.8) is 0 Å². The molecule has 1 rings (SSSR count). The van der Waals surface area contributed by atoms with Crippen LogP contribution in [0, 0.1) is 0 Å². The van der Waals surface area contributed by atoms with E-state index >= 15 is 0 Å². The lowest BCUT2D eigenvalue weighted by Gasteiger charge is -2.18. The molecule has 0 saturated heterocycles. The molecule has 0 saturated carbocycles. The number of rotatable bonds is 3. The highest BCUT2D eigenvalue weighted by molar-refractivity contribution is 5.40. The molecule has 0 unspecified atom stereocenters. The maximum Gasteiger partial charge on any atom is 0.416 e. The summed E-state index contributed by atoms with van der Waals surface area (Å²) in [6, 6.07) is 3.63. The van der Waals surface area contributed by atoms with Crippen molar-refractivity contribution in [2.75, 3.05) is 0 Å². The Morgan fingerprint density at radius 2 is 1.65 bits per heavy atom. The lowest BCUT2D eigenvalue weighted by atomic mass is 9.99. The lowest BCUT2D eigenvalue weighted by molar-refractivity contribution is -0.137. The van der Waals surface area contributed by atoms with Gasteiger partial charge in [0.1, 0.15) is 5.75 Å². The van der Waals surface area contributed by atoms with E-state index in [0.29, 0.717) is 11.3 Å². The molecule has 1 aromatic rings. The molecule has 0 radical (unpaired) electrons. The third-order valence-corrected chi connectivity index (χ3v) is 2.32. The number of hydrogen-bond donors (Lipinski definition) is 0. The van der Waals surface area contributed by atoms with E-state index in [9.17, 15) is 13.2 Å². The van der Waals surface area contributed by atoms with Gasteiger partial charge in [-0.05, 0) is 43.5 Å². The number of hydrogen-bond acceptors (Lipinski definition) is 1. The number of alkyl halides is 3. The van der Waals surface area contributed by atoms with Gasteiger partial charge in [-0.1, -0.05) is 13.8 Å². The predicted molar refractivity (Wildman–Crippen MR) is 61.3 cm³/mol. The van der Waals surface area contributed by atoms with E-state index in [-0.39, 0.29) is 12.0 Å². The molecule has 0 N–H and O–H groups in total. The smallest absolute Gasteiger partial charge is 0.416 e. The average Bonchev–Trinajstić information content (AvgIpc) is 2.15. The van der Waals surface area contributed by atoms with Crippen molar-refractivity contribution in [3.8, 4) is 5.75 Å². The van der Waals surface area contributed by atoms with Gasteiger partial charge < -0.3 is 4.74 Å². The first-order chi connectivity index (χ1) is 7.71. The van der Waals surface area contributed by atoms with E-state index in [0.717, 1.165) is 6.07 Å². The van der Waals surface area contributed by atoms with Crippen LogP contribution in [0.1, 0.15) is 44.7 Å². The molecule has 0 aliphatic rings. The maximum absolute atomic E-state index is 12.6. The predicted octanol–water partition coefficient (Wildman–Crippen LogP) is 4.62. The van der Waals surface area contributed by atoms with Crippen LogP contribution in [0.3, 0.4) is 0 Å². The second-order valence-corrected chi connectivity index (χ2v) is 4.57. The Balaban J connectivity index is 3.18. The van der Waals surface area contributed by atoms with Crippen molar-refractivity contribution in [2.45, 2.75) is 45.9 Å². The van der Waals surface area contributed by atoms with Gasteiger partial charge in [-0.15, -0.1) is 0 Å². The molecule has 4 heteroatoms. The van der Waals surface area contributed by atoms with Crippen molar-refractivity contribution in [1.29, 1.82) is 0 Å². The monoisotopic (exact) mass is 246 g/mol. The highest BCUT2D eigenvalue weighted by atomic mass is 19.4. The maximum atomic E-state index is 12.6. The Hall–Kier alpha value is -1.19. The Morgan fingerprint density at radius 3 is 2.06 bits per heavy atom. The molecule has 0 bridgehead atoms. The Morgan fingerprint density at radius 1 is 1.06 bits per heavy atom. The number of benzene rings is 1. The first-order valence-electron chi connectivity index (χ1n) is 5.59. The summed E-state index contributed by atoms with van der Waals surface area (Å²) < 4.78 is 43.3. The van der Waals surface area contributed by atoms with Gasteiger partial charge >= 0.3 is 6.18 Å². The highest BCUT2D eigenvalue weighted by Crippen LogP contribution is 2.35. The number of ether oxygens (including phenoxy) is 1. The summed E-state index contributed by atoms with van der Waals surface area (Å²) in [5.41, 5.74) is -0.0363. The first kappa shape index (κ1) is 13.9. The van der Waals surface area contributed by atoms with Crippen molar-refractivity contribution in [2.24, 2.45) is 0 Å². The van der Waals surface area contributed by atoms with Gasteiger partial charge in [-0.25, -0.2) is 0 Å². The third-order valence-electron chi connectivity index (χ3n) is 2.32. The summed E-state index contributed by atoms with van der Waals surface area (Å²) in [6.07, 6.45) is -4.36. The summed E-state index contributed by atoms with van der Waals surface area (Å²) in [6.45, 7) is 7.40. The molecular weight excluding hydrogens is 229 g/mol. The topological polar surface area (TPSA) is 9.23 Å². The van der Waals surface area contributed by atoms with Crippen LogP contribution in [0.4, 0.5) is 13.2 Å². The fraction of sp³-hybridized carbons (Fsp3) is 0.538. The van der Waals surface area contributed by atoms with E-state index < -0.39 is 11.7 Å². The van der Waals surface area contributed by atoms with Gasteiger partial charge in [0.25, 0.3) is 0 Å². The molecule has 0 spiro atoms. The fourth-order valence-corrected chi connectivity index (χ4v) is 1.54. The molecular formula is C13H17F3O. The minimum atomic E-state index is -4.31. The zero-order valence-corrected chi connectivity index (χ0v) is 10.4. The van der Waals surface area contributed by atoms with E-state index in [1.165, 1.54) is 12.1 Å². The van der Waals surface area contributed by atoms with Crippen LogP contribution in [0.2, 0.25) is 0 Å².